The summed E-state index contributed by atoms with van der Waals surface area (Å²) >= 11 is 0. The third-order valence-corrected chi connectivity index (χ3v) is 4.55. The Kier molecular flexibility index (Phi) is 6.19. The summed E-state index contributed by atoms with van der Waals surface area (Å²) in [6, 6.07) is 12.4. The molecule has 0 bridgehead atoms. The second-order valence-corrected chi connectivity index (χ2v) is 6.44. The van der Waals surface area contributed by atoms with Crippen molar-refractivity contribution in [3.63, 3.8) is 0 Å². The number of carbonyl (C=O) groups excluding carboxylic acids is 1. The van der Waals surface area contributed by atoms with Gasteiger partial charge in [-0.1, -0.05) is 13.0 Å². The van der Waals surface area contributed by atoms with Crippen LogP contribution < -0.4 is 10.2 Å². The molecule has 0 radical (unpaired) electrons. The molecule has 5 nitrogen and oxygen atoms in total. The van der Waals surface area contributed by atoms with Gasteiger partial charge in [0.2, 0.25) is 5.91 Å². The van der Waals surface area contributed by atoms with Gasteiger partial charge in [0.25, 0.3) is 0 Å². The number of halogens is 1. The van der Waals surface area contributed by atoms with E-state index in [1.807, 2.05) is 24.3 Å². The van der Waals surface area contributed by atoms with Crippen LogP contribution in [-0.2, 0) is 9.53 Å². The highest BCUT2D eigenvalue weighted by molar-refractivity contribution is 6.12. The molecule has 0 saturated carbocycles. The van der Waals surface area contributed by atoms with E-state index in [9.17, 15) is 9.18 Å². The molecule has 1 aliphatic heterocycles. The molecule has 2 aromatic rings. The number of carbonyl (C=O) groups is 1. The van der Waals surface area contributed by atoms with E-state index < -0.39 is 11.7 Å². The largest absolute Gasteiger partial charge is 0.383 e. The zero-order valence-corrected chi connectivity index (χ0v) is 15.6. The maximum Gasteiger partial charge on any atom is 0.237 e. The van der Waals surface area contributed by atoms with E-state index in [2.05, 4.69) is 22.1 Å². The van der Waals surface area contributed by atoms with E-state index in [0.29, 0.717) is 17.9 Å². The molecule has 0 fully saturated rings. The minimum atomic E-state index is -0.709. The lowest BCUT2D eigenvalue weighted by atomic mass is 10.0. The van der Waals surface area contributed by atoms with Crippen LogP contribution in [0.3, 0.4) is 0 Å². The van der Waals surface area contributed by atoms with Gasteiger partial charge in [0, 0.05) is 43.4 Å². The van der Waals surface area contributed by atoms with E-state index >= 15 is 0 Å². The van der Waals surface area contributed by atoms with Crippen molar-refractivity contribution in [3.05, 3.63) is 53.8 Å². The molecule has 6 heteroatoms. The van der Waals surface area contributed by atoms with Crippen LogP contribution in [-0.4, -0.2) is 38.9 Å². The van der Waals surface area contributed by atoms with Gasteiger partial charge in [-0.2, -0.15) is 0 Å². The van der Waals surface area contributed by atoms with Crippen LogP contribution in [0.5, 0.6) is 0 Å². The van der Waals surface area contributed by atoms with Gasteiger partial charge in [-0.15, -0.1) is 0 Å². The van der Waals surface area contributed by atoms with Crippen molar-refractivity contribution in [2.45, 2.75) is 19.3 Å². The van der Waals surface area contributed by atoms with Gasteiger partial charge >= 0.3 is 0 Å². The first kappa shape index (κ1) is 19.0. The first-order chi connectivity index (χ1) is 13.1. The molecule has 0 saturated heterocycles. The highest BCUT2D eigenvalue weighted by Gasteiger charge is 2.31. The lowest BCUT2D eigenvalue weighted by Gasteiger charge is -2.24. The Morgan fingerprint density at radius 2 is 2.00 bits per heavy atom. The van der Waals surface area contributed by atoms with E-state index in [-0.39, 0.29) is 5.91 Å². The number of aliphatic imine (C=N–C) groups is 1. The van der Waals surface area contributed by atoms with Gasteiger partial charge in [0.15, 0.2) is 0 Å². The zero-order valence-electron chi connectivity index (χ0n) is 15.6. The van der Waals surface area contributed by atoms with E-state index in [4.69, 9.17) is 4.74 Å². The van der Waals surface area contributed by atoms with E-state index in [1.54, 1.807) is 19.2 Å². The summed E-state index contributed by atoms with van der Waals surface area (Å²) in [4.78, 5) is 18.8. The van der Waals surface area contributed by atoms with Gasteiger partial charge in [0.05, 0.1) is 12.3 Å². The number of amides is 1. The normalized spacial score (nSPS) is 15.8. The SMILES string of the molecule is CCCN(CCOC)c1ccc(N=CC2C(=O)Nc3cccc(F)c32)cc1. The van der Waals surface area contributed by atoms with Crippen LogP contribution in [0.25, 0.3) is 0 Å². The summed E-state index contributed by atoms with van der Waals surface area (Å²) in [6.45, 7) is 4.58. The van der Waals surface area contributed by atoms with Crippen LogP contribution in [0.15, 0.2) is 47.5 Å². The molecule has 0 spiro atoms. The fourth-order valence-corrected chi connectivity index (χ4v) is 3.20. The van der Waals surface area contributed by atoms with Crippen LogP contribution in [0.2, 0.25) is 0 Å². The molecule has 1 atom stereocenters. The molecule has 2 aromatic carbocycles. The fraction of sp³-hybridized carbons (Fsp3) is 0.333. The minimum absolute atomic E-state index is 0.260. The monoisotopic (exact) mass is 369 g/mol. The number of hydrogen-bond acceptors (Lipinski definition) is 4. The van der Waals surface area contributed by atoms with Crippen molar-refractivity contribution in [1.29, 1.82) is 0 Å². The standard InChI is InChI=1S/C21H24FN3O2/c1-3-11-25(12-13-27-2)16-9-7-15(8-10-16)23-14-17-20-18(22)5-4-6-19(20)24-21(17)26/h4-10,14,17H,3,11-13H2,1-2H3,(H,24,26). The fourth-order valence-electron chi connectivity index (χ4n) is 3.20. The number of hydrogen-bond donors (Lipinski definition) is 1. The molecule has 1 unspecified atom stereocenters. The van der Waals surface area contributed by atoms with E-state index in [1.165, 1.54) is 12.3 Å². The molecule has 0 aromatic heterocycles. The van der Waals surface area contributed by atoms with Gasteiger partial charge in [-0.05, 0) is 42.8 Å². The summed E-state index contributed by atoms with van der Waals surface area (Å²) in [7, 11) is 1.70. The number of nitrogens with zero attached hydrogens (tertiary/aromatic N) is 2. The van der Waals surface area contributed by atoms with Crippen LogP contribution in [0, 0.1) is 5.82 Å². The minimum Gasteiger partial charge on any atom is -0.383 e. The van der Waals surface area contributed by atoms with Gasteiger partial charge in [-0.25, -0.2) is 4.39 Å². The Morgan fingerprint density at radius 1 is 1.22 bits per heavy atom. The summed E-state index contributed by atoms with van der Waals surface area (Å²) in [5, 5.41) is 2.69. The quantitative estimate of drug-likeness (QED) is 0.712. The van der Waals surface area contributed by atoms with Gasteiger partial charge in [-0.3, -0.25) is 9.79 Å². The summed E-state index contributed by atoms with van der Waals surface area (Å²) in [5.74, 6) is -1.37. The molecular formula is C21H24FN3O2. The first-order valence-electron chi connectivity index (χ1n) is 9.11. The number of anilines is 2. The number of rotatable bonds is 8. The Balaban J connectivity index is 1.74. The van der Waals surface area contributed by atoms with Crippen LogP contribution in [0.1, 0.15) is 24.8 Å². The molecule has 3 rings (SSSR count). The number of methoxy groups -OCH3 is 1. The van der Waals surface area contributed by atoms with Crippen molar-refractivity contribution < 1.29 is 13.9 Å². The number of nitrogens with one attached hydrogen (secondary N) is 1. The maximum absolute atomic E-state index is 14.1. The van der Waals surface area contributed by atoms with Gasteiger partial charge < -0.3 is 15.0 Å². The Hall–Kier alpha value is -2.73. The second kappa shape index (κ2) is 8.77. The van der Waals surface area contributed by atoms with Crippen molar-refractivity contribution >= 4 is 29.2 Å². The van der Waals surface area contributed by atoms with Crippen molar-refractivity contribution in [2.75, 3.05) is 37.0 Å². The Bertz CT molecular complexity index is 821. The lowest BCUT2D eigenvalue weighted by molar-refractivity contribution is -0.115. The smallest absolute Gasteiger partial charge is 0.237 e. The first-order valence-corrected chi connectivity index (χ1v) is 9.11. The third-order valence-electron chi connectivity index (χ3n) is 4.55. The summed E-state index contributed by atoms with van der Waals surface area (Å²) < 4.78 is 19.3. The Labute approximate surface area is 158 Å². The molecule has 27 heavy (non-hydrogen) atoms. The molecule has 1 heterocycles. The predicted molar refractivity (Wildman–Crippen MR) is 107 cm³/mol. The number of fused-ring (bicyclic) bond motifs is 1. The average Bonchev–Trinajstić information content (AvgIpc) is 3.00. The van der Waals surface area contributed by atoms with Crippen molar-refractivity contribution in [2.24, 2.45) is 4.99 Å². The zero-order chi connectivity index (χ0) is 19.2. The molecule has 1 N–H and O–H groups in total. The van der Waals surface area contributed by atoms with E-state index in [0.717, 1.165) is 30.9 Å². The number of benzene rings is 2. The van der Waals surface area contributed by atoms with Crippen molar-refractivity contribution in [1.82, 2.24) is 0 Å². The average molecular weight is 369 g/mol. The molecule has 1 amide bonds. The highest BCUT2D eigenvalue weighted by atomic mass is 19.1. The number of ether oxygens (including phenoxy) is 1. The van der Waals surface area contributed by atoms with Gasteiger partial charge in [0.1, 0.15) is 11.7 Å². The highest BCUT2D eigenvalue weighted by Crippen LogP contribution is 2.33. The second-order valence-electron chi connectivity index (χ2n) is 6.44. The molecule has 0 aliphatic carbocycles. The third kappa shape index (κ3) is 4.34. The van der Waals surface area contributed by atoms with Crippen LogP contribution in [0.4, 0.5) is 21.5 Å². The van der Waals surface area contributed by atoms with Crippen molar-refractivity contribution in [3.8, 4) is 0 Å². The molecular weight excluding hydrogens is 345 g/mol. The predicted octanol–water partition coefficient (Wildman–Crippen LogP) is 4.13. The topological polar surface area (TPSA) is 53.9 Å². The summed E-state index contributed by atoms with van der Waals surface area (Å²) in [6.07, 6.45) is 2.55. The molecule has 1 aliphatic rings. The lowest BCUT2D eigenvalue weighted by Crippen LogP contribution is -2.27. The van der Waals surface area contributed by atoms with Crippen LogP contribution >= 0.6 is 0 Å². The Morgan fingerprint density at radius 3 is 2.70 bits per heavy atom. The maximum atomic E-state index is 14.1. The summed E-state index contributed by atoms with van der Waals surface area (Å²) in [5.41, 5.74) is 2.69. The molecule has 142 valence electrons.